The zero-order chi connectivity index (χ0) is 12.5. The van der Waals surface area contributed by atoms with Crippen LogP contribution in [0.1, 0.15) is 4.88 Å². The zero-order valence-electron chi connectivity index (χ0n) is 8.12. The molecular weight excluding hydrogens is 350 g/mol. The van der Waals surface area contributed by atoms with E-state index >= 15 is 0 Å². The van der Waals surface area contributed by atoms with E-state index in [1.807, 2.05) is 0 Å². The second-order valence-electron chi connectivity index (χ2n) is 2.86. The molecule has 0 aliphatic rings. The Bertz CT molecular complexity index is 608. The molecule has 2 rings (SSSR count). The van der Waals surface area contributed by atoms with Crippen molar-refractivity contribution < 1.29 is 13.5 Å². The normalized spacial score (nSPS) is 11.6. The first-order valence-electron chi connectivity index (χ1n) is 4.21. The van der Waals surface area contributed by atoms with E-state index in [9.17, 15) is 8.42 Å². The quantitative estimate of drug-likeness (QED) is 0.869. The Balaban J connectivity index is 2.34. The number of halogens is 1. The SMILES string of the molecule is O=S(=O)(Nc1nncs1)c1cc(CO)sc1Br. The first-order chi connectivity index (χ1) is 8.03. The minimum atomic E-state index is -3.69. The molecule has 2 heterocycles. The molecule has 92 valence electrons. The van der Waals surface area contributed by atoms with Gasteiger partial charge >= 0.3 is 0 Å². The first kappa shape index (κ1) is 12.9. The van der Waals surface area contributed by atoms with Gasteiger partial charge in [0.2, 0.25) is 5.13 Å². The van der Waals surface area contributed by atoms with Gasteiger partial charge in [0, 0.05) is 4.88 Å². The van der Waals surface area contributed by atoms with Crippen molar-refractivity contribution >= 4 is 53.8 Å². The largest absolute Gasteiger partial charge is 0.391 e. The molecular formula is C7H6BrN3O3S3. The molecule has 2 N–H and O–H groups in total. The lowest BCUT2D eigenvalue weighted by Crippen LogP contribution is -2.12. The van der Waals surface area contributed by atoms with Crippen LogP contribution in [-0.4, -0.2) is 23.7 Å². The number of aliphatic hydroxyl groups excluding tert-OH is 1. The Labute approximate surface area is 114 Å². The fourth-order valence-corrected chi connectivity index (χ4v) is 5.28. The van der Waals surface area contributed by atoms with E-state index in [1.165, 1.54) is 22.9 Å². The summed E-state index contributed by atoms with van der Waals surface area (Å²) in [4.78, 5) is 0.649. The Hall–Kier alpha value is -0.550. The van der Waals surface area contributed by atoms with Crippen molar-refractivity contribution in [3.8, 4) is 0 Å². The summed E-state index contributed by atoms with van der Waals surface area (Å²) in [6.07, 6.45) is 0. The number of aliphatic hydroxyl groups is 1. The van der Waals surface area contributed by atoms with E-state index in [0.717, 1.165) is 11.3 Å². The van der Waals surface area contributed by atoms with Crippen LogP contribution in [0.3, 0.4) is 0 Å². The number of nitrogens with one attached hydrogen (secondary N) is 1. The highest BCUT2D eigenvalue weighted by Gasteiger charge is 2.21. The summed E-state index contributed by atoms with van der Waals surface area (Å²) in [6.45, 7) is -0.197. The van der Waals surface area contributed by atoms with Gasteiger partial charge in [0.25, 0.3) is 10.0 Å². The molecule has 2 aromatic heterocycles. The van der Waals surface area contributed by atoms with Gasteiger partial charge in [0.15, 0.2) is 0 Å². The van der Waals surface area contributed by atoms with Crippen molar-refractivity contribution in [2.75, 3.05) is 4.72 Å². The molecule has 17 heavy (non-hydrogen) atoms. The topological polar surface area (TPSA) is 92.2 Å². The number of rotatable bonds is 4. The Morgan fingerprint density at radius 1 is 1.53 bits per heavy atom. The molecule has 0 saturated heterocycles. The van der Waals surface area contributed by atoms with E-state index in [2.05, 4.69) is 30.8 Å². The fraction of sp³-hybridized carbons (Fsp3) is 0.143. The van der Waals surface area contributed by atoms with Gasteiger partial charge in [0.1, 0.15) is 10.4 Å². The molecule has 0 fully saturated rings. The Morgan fingerprint density at radius 2 is 2.29 bits per heavy atom. The minimum Gasteiger partial charge on any atom is -0.391 e. The van der Waals surface area contributed by atoms with E-state index < -0.39 is 10.0 Å². The van der Waals surface area contributed by atoms with E-state index in [0.29, 0.717) is 8.66 Å². The van der Waals surface area contributed by atoms with Crippen LogP contribution in [0, 0.1) is 0 Å². The molecule has 0 aliphatic heterocycles. The summed E-state index contributed by atoms with van der Waals surface area (Å²) >= 11 is 5.41. The Kier molecular flexibility index (Phi) is 3.78. The molecule has 0 saturated carbocycles. The van der Waals surface area contributed by atoms with Crippen molar-refractivity contribution in [1.82, 2.24) is 10.2 Å². The molecule has 0 amide bonds. The maximum Gasteiger partial charge on any atom is 0.265 e. The third-order valence-electron chi connectivity index (χ3n) is 1.73. The second-order valence-corrected chi connectivity index (χ2v) is 7.80. The van der Waals surface area contributed by atoms with Crippen molar-refractivity contribution in [3.63, 3.8) is 0 Å². The van der Waals surface area contributed by atoms with E-state index in [4.69, 9.17) is 5.11 Å². The lowest BCUT2D eigenvalue weighted by atomic mass is 10.5. The highest BCUT2D eigenvalue weighted by Crippen LogP contribution is 2.32. The molecule has 10 heteroatoms. The molecule has 0 aromatic carbocycles. The van der Waals surface area contributed by atoms with Gasteiger partial charge in [-0.2, -0.15) is 0 Å². The molecule has 6 nitrogen and oxygen atoms in total. The standard InChI is InChI=1S/C7H6BrN3O3S3/c8-6-5(1-4(2-12)16-6)17(13,14)11-7-10-9-3-15-7/h1,3,12H,2H2,(H,10,11). The van der Waals surface area contributed by atoms with Crippen LogP contribution >= 0.6 is 38.6 Å². The van der Waals surface area contributed by atoms with Crippen molar-refractivity contribution in [3.05, 3.63) is 20.2 Å². The van der Waals surface area contributed by atoms with Crippen molar-refractivity contribution in [1.29, 1.82) is 0 Å². The molecule has 0 radical (unpaired) electrons. The number of aromatic nitrogens is 2. The summed E-state index contributed by atoms with van der Waals surface area (Å²) in [6, 6.07) is 1.41. The maximum absolute atomic E-state index is 12.0. The van der Waals surface area contributed by atoms with Crippen LogP contribution in [0.5, 0.6) is 0 Å². The lowest BCUT2D eigenvalue weighted by Gasteiger charge is -2.02. The molecule has 0 aliphatic carbocycles. The number of nitrogens with zero attached hydrogens (tertiary/aromatic N) is 2. The molecule has 2 aromatic rings. The average Bonchev–Trinajstić information content (AvgIpc) is 2.86. The molecule has 0 unspecified atom stereocenters. The summed E-state index contributed by atoms with van der Waals surface area (Å²) in [5.41, 5.74) is 1.43. The van der Waals surface area contributed by atoms with Crippen molar-refractivity contribution in [2.24, 2.45) is 0 Å². The molecule has 0 spiro atoms. The van der Waals surface area contributed by atoms with Crippen LogP contribution in [-0.2, 0) is 16.6 Å². The van der Waals surface area contributed by atoms with Gasteiger partial charge in [0.05, 0.1) is 10.4 Å². The highest BCUT2D eigenvalue weighted by atomic mass is 79.9. The van der Waals surface area contributed by atoms with Crippen LogP contribution in [0.2, 0.25) is 0 Å². The van der Waals surface area contributed by atoms with Gasteiger partial charge in [-0.05, 0) is 22.0 Å². The first-order valence-corrected chi connectivity index (χ1v) is 8.18. The fourth-order valence-electron chi connectivity index (χ4n) is 1.05. The number of thiophene rings is 1. The zero-order valence-corrected chi connectivity index (χ0v) is 12.2. The molecule has 0 atom stereocenters. The summed E-state index contributed by atoms with van der Waals surface area (Å²) in [7, 11) is -3.69. The van der Waals surface area contributed by atoms with E-state index in [1.54, 1.807) is 0 Å². The number of anilines is 1. The minimum absolute atomic E-state index is 0.0850. The van der Waals surface area contributed by atoms with Crippen LogP contribution in [0.15, 0.2) is 20.3 Å². The third-order valence-corrected chi connectivity index (χ3v) is 6.05. The monoisotopic (exact) mass is 355 g/mol. The predicted octanol–water partition coefficient (Wildman–Crippen LogP) is 1.66. The summed E-state index contributed by atoms with van der Waals surface area (Å²) in [5.74, 6) is 0. The van der Waals surface area contributed by atoms with E-state index in [-0.39, 0.29) is 16.6 Å². The van der Waals surface area contributed by atoms with Crippen LogP contribution in [0.4, 0.5) is 5.13 Å². The number of hydrogen-bond donors (Lipinski definition) is 2. The van der Waals surface area contributed by atoms with Gasteiger partial charge in [-0.1, -0.05) is 11.3 Å². The average molecular weight is 356 g/mol. The van der Waals surface area contributed by atoms with Crippen LogP contribution in [0.25, 0.3) is 0 Å². The number of sulfonamides is 1. The van der Waals surface area contributed by atoms with Crippen LogP contribution < -0.4 is 4.72 Å². The summed E-state index contributed by atoms with van der Waals surface area (Å²) in [5, 5.41) is 16.3. The Morgan fingerprint density at radius 3 is 2.82 bits per heavy atom. The van der Waals surface area contributed by atoms with Gasteiger partial charge in [-0.15, -0.1) is 21.5 Å². The maximum atomic E-state index is 12.0. The van der Waals surface area contributed by atoms with Gasteiger partial charge in [-0.3, -0.25) is 4.72 Å². The third kappa shape index (κ3) is 2.83. The van der Waals surface area contributed by atoms with Crippen molar-refractivity contribution in [2.45, 2.75) is 11.5 Å². The highest BCUT2D eigenvalue weighted by molar-refractivity contribution is 9.11. The second kappa shape index (κ2) is 4.98. The summed E-state index contributed by atoms with van der Waals surface area (Å²) < 4.78 is 26.7. The van der Waals surface area contributed by atoms with Gasteiger partial charge < -0.3 is 5.11 Å². The smallest absolute Gasteiger partial charge is 0.265 e. The predicted molar refractivity (Wildman–Crippen MR) is 68.7 cm³/mol. The van der Waals surface area contributed by atoms with Gasteiger partial charge in [-0.25, -0.2) is 8.42 Å². The lowest BCUT2D eigenvalue weighted by molar-refractivity contribution is 0.285. The number of hydrogen-bond acceptors (Lipinski definition) is 7. The molecule has 0 bridgehead atoms.